The molecule has 1 aliphatic heterocycles. The topological polar surface area (TPSA) is 70.1 Å². The Morgan fingerprint density at radius 1 is 1.53 bits per heavy atom. The highest BCUT2D eigenvalue weighted by atomic mass is 16.5. The summed E-state index contributed by atoms with van der Waals surface area (Å²) >= 11 is 0. The first-order valence-corrected chi connectivity index (χ1v) is 5.91. The van der Waals surface area contributed by atoms with Gasteiger partial charge in [-0.05, 0) is 25.1 Å². The first-order chi connectivity index (χ1) is 8.91. The Morgan fingerprint density at radius 2 is 2.21 bits per heavy atom. The average Bonchev–Trinajstić information content (AvgIpc) is 2.41. The van der Waals surface area contributed by atoms with E-state index in [9.17, 15) is 14.7 Å². The van der Waals surface area contributed by atoms with Crippen molar-refractivity contribution in [2.75, 3.05) is 30.5 Å². The molecule has 1 aliphatic rings. The summed E-state index contributed by atoms with van der Waals surface area (Å²) in [5.41, 5.74) is 1.20. The molecule has 0 saturated carbocycles. The van der Waals surface area contributed by atoms with Crippen molar-refractivity contribution in [3.63, 3.8) is 0 Å². The van der Waals surface area contributed by atoms with E-state index in [1.54, 1.807) is 32.3 Å². The largest absolute Gasteiger partial charge is 0.482 e. The lowest BCUT2D eigenvalue weighted by Crippen LogP contribution is -2.37. The van der Waals surface area contributed by atoms with Crippen LogP contribution >= 0.6 is 0 Å². The predicted octanol–water partition coefficient (Wildman–Crippen LogP) is 0.385. The molecule has 1 unspecified atom stereocenters. The lowest BCUT2D eigenvalue weighted by molar-refractivity contribution is -0.125. The predicted molar refractivity (Wildman–Crippen MR) is 70.4 cm³/mol. The number of carbonyl (C=O) groups excluding carboxylic acids is 2. The molecule has 0 radical (unpaired) electrons. The van der Waals surface area contributed by atoms with E-state index in [1.165, 1.54) is 16.7 Å². The van der Waals surface area contributed by atoms with Gasteiger partial charge in [-0.1, -0.05) is 0 Å². The summed E-state index contributed by atoms with van der Waals surface area (Å²) in [5.74, 6) is 0.0450. The summed E-state index contributed by atoms with van der Waals surface area (Å²) in [6, 6.07) is 5.11. The van der Waals surface area contributed by atoms with Crippen LogP contribution in [0.1, 0.15) is 6.92 Å². The van der Waals surface area contributed by atoms with E-state index in [-0.39, 0.29) is 12.5 Å². The Labute approximate surface area is 111 Å². The Balaban J connectivity index is 2.35. The molecule has 6 heteroatoms. The number of nitrogens with zero attached hydrogens (tertiary/aromatic N) is 2. The minimum atomic E-state index is -1.07. The summed E-state index contributed by atoms with van der Waals surface area (Å²) in [4.78, 5) is 26.1. The molecule has 0 fully saturated rings. The van der Waals surface area contributed by atoms with Gasteiger partial charge in [0.25, 0.3) is 11.8 Å². The molecule has 2 amide bonds. The third-order valence-electron chi connectivity index (χ3n) is 3.10. The summed E-state index contributed by atoms with van der Waals surface area (Å²) in [5, 5.41) is 9.30. The second-order valence-corrected chi connectivity index (χ2v) is 4.47. The first-order valence-electron chi connectivity index (χ1n) is 5.91. The van der Waals surface area contributed by atoms with Crippen molar-refractivity contribution in [1.82, 2.24) is 0 Å². The molecular weight excluding hydrogens is 248 g/mol. The number of hydrogen-bond acceptors (Lipinski definition) is 4. The summed E-state index contributed by atoms with van der Waals surface area (Å²) in [6.45, 7) is 1.43. The molecule has 0 bridgehead atoms. The highest BCUT2D eigenvalue weighted by Gasteiger charge is 2.24. The molecule has 0 aliphatic carbocycles. The molecule has 6 nitrogen and oxygen atoms in total. The molecule has 0 spiro atoms. The molecule has 1 aromatic carbocycles. The van der Waals surface area contributed by atoms with Crippen LogP contribution in [0.2, 0.25) is 0 Å². The van der Waals surface area contributed by atoms with Crippen molar-refractivity contribution >= 4 is 23.2 Å². The van der Waals surface area contributed by atoms with Crippen molar-refractivity contribution in [3.05, 3.63) is 18.2 Å². The van der Waals surface area contributed by atoms with Crippen LogP contribution in [-0.2, 0) is 9.59 Å². The average molecular weight is 264 g/mol. The highest BCUT2D eigenvalue weighted by Crippen LogP contribution is 2.34. The fourth-order valence-corrected chi connectivity index (χ4v) is 1.88. The Hall–Kier alpha value is -2.08. The number of ether oxygens (including phenoxy) is 1. The monoisotopic (exact) mass is 264 g/mol. The van der Waals surface area contributed by atoms with Gasteiger partial charge < -0.3 is 19.6 Å². The zero-order valence-electron chi connectivity index (χ0n) is 11.1. The van der Waals surface area contributed by atoms with Gasteiger partial charge >= 0.3 is 0 Å². The second-order valence-electron chi connectivity index (χ2n) is 4.47. The number of fused-ring (bicyclic) bond motifs is 1. The van der Waals surface area contributed by atoms with Crippen LogP contribution in [0.25, 0.3) is 0 Å². The second kappa shape index (κ2) is 4.89. The van der Waals surface area contributed by atoms with E-state index in [4.69, 9.17) is 4.74 Å². The number of likely N-dealkylation sites (N-methyl/N-ethyl adjacent to an activating group) is 2. The van der Waals surface area contributed by atoms with E-state index in [2.05, 4.69) is 0 Å². The van der Waals surface area contributed by atoms with E-state index in [0.717, 1.165) is 0 Å². The molecule has 1 N–H and O–H groups in total. The molecular formula is C13H16N2O4. The van der Waals surface area contributed by atoms with E-state index >= 15 is 0 Å². The van der Waals surface area contributed by atoms with Crippen molar-refractivity contribution in [2.45, 2.75) is 13.0 Å². The number of aliphatic hydroxyl groups excluding tert-OH is 1. The van der Waals surface area contributed by atoms with Crippen molar-refractivity contribution in [1.29, 1.82) is 0 Å². The fourth-order valence-electron chi connectivity index (χ4n) is 1.88. The molecule has 1 atom stereocenters. The van der Waals surface area contributed by atoms with Crippen LogP contribution in [0.3, 0.4) is 0 Å². The first kappa shape index (κ1) is 13.4. The normalized spacial score (nSPS) is 15.6. The minimum Gasteiger partial charge on any atom is -0.482 e. The summed E-state index contributed by atoms with van der Waals surface area (Å²) < 4.78 is 5.30. The third kappa shape index (κ3) is 2.39. The number of benzene rings is 1. The van der Waals surface area contributed by atoms with Crippen LogP contribution in [0.4, 0.5) is 11.4 Å². The Bertz CT molecular complexity index is 527. The molecule has 1 aromatic rings. The number of carbonyl (C=O) groups is 2. The summed E-state index contributed by atoms with van der Waals surface area (Å²) in [7, 11) is 3.23. The molecule has 0 saturated heterocycles. The standard InChI is InChI=1S/C13H16N2O4/c1-8(16)13(18)14(2)9-4-5-11-10(6-9)15(3)12(17)7-19-11/h4-6,8,16H,7H2,1-3H3. The van der Waals surface area contributed by atoms with Gasteiger partial charge in [-0.3, -0.25) is 9.59 Å². The van der Waals surface area contributed by atoms with Gasteiger partial charge in [0.15, 0.2) is 6.61 Å². The maximum Gasteiger partial charge on any atom is 0.264 e. The molecule has 2 rings (SSSR count). The number of anilines is 2. The molecule has 102 valence electrons. The van der Waals surface area contributed by atoms with Gasteiger partial charge in [0.05, 0.1) is 5.69 Å². The van der Waals surface area contributed by atoms with Gasteiger partial charge in [0, 0.05) is 19.8 Å². The lowest BCUT2D eigenvalue weighted by Gasteiger charge is -2.28. The summed E-state index contributed by atoms with van der Waals surface area (Å²) in [6.07, 6.45) is -1.07. The van der Waals surface area contributed by atoms with E-state index in [0.29, 0.717) is 17.1 Å². The van der Waals surface area contributed by atoms with Crippen molar-refractivity contribution in [2.24, 2.45) is 0 Å². The van der Waals surface area contributed by atoms with Gasteiger partial charge in [0.1, 0.15) is 11.9 Å². The lowest BCUT2D eigenvalue weighted by atomic mass is 10.2. The van der Waals surface area contributed by atoms with Crippen LogP contribution in [0.15, 0.2) is 18.2 Å². The van der Waals surface area contributed by atoms with Crippen molar-refractivity contribution < 1.29 is 19.4 Å². The van der Waals surface area contributed by atoms with Crippen molar-refractivity contribution in [3.8, 4) is 5.75 Å². The third-order valence-corrected chi connectivity index (χ3v) is 3.10. The quantitative estimate of drug-likeness (QED) is 0.838. The van der Waals surface area contributed by atoms with E-state index < -0.39 is 12.0 Å². The SMILES string of the molecule is CC(O)C(=O)N(C)c1ccc2c(c1)N(C)C(=O)CO2. The highest BCUT2D eigenvalue weighted by molar-refractivity contribution is 6.00. The minimum absolute atomic E-state index is 0.0191. The van der Waals surface area contributed by atoms with Crippen LogP contribution < -0.4 is 14.5 Å². The van der Waals surface area contributed by atoms with Gasteiger partial charge in [-0.25, -0.2) is 0 Å². The molecule has 19 heavy (non-hydrogen) atoms. The Morgan fingerprint density at radius 3 is 2.84 bits per heavy atom. The van der Waals surface area contributed by atoms with Gasteiger partial charge in [0.2, 0.25) is 0 Å². The zero-order valence-corrected chi connectivity index (χ0v) is 11.1. The number of aliphatic hydroxyl groups is 1. The van der Waals surface area contributed by atoms with Gasteiger partial charge in [-0.15, -0.1) is 0 Å². The zero-order chi connectivity index (χ0) is 14.2. The smallest absolute Gasteiger partial charge is 0.264 e. The number of amides is 2. The maximum absolute atomic E-state index is 11.7. The van der Waals surface area contributed by atoms with Crippen LogP contribution in [0.5, 0.6) is 5.75 Å². The Kier molecular flexibility index (Phi) is 3.44. The number of hydrogen-bond donors (Lipinski definition) is 1. The molecule has 0 aromatic heterocycles. The maximum atomic E-state index is 11.7. The van der Waals surface area contributed by atoms with E-state index in [1.807, 2.05) is 0 Å². The van der Waals surface area contributed by atoms with Crippen LogP contribution in [0, 0.1) is 0 Å². The molecule has 1 heterocycles. The fraction of sp³-hybridized carbons (Fsp3) is 0.385. The van der Waals surface area contributed by atoms with Gasteiger partial charge in [-0.2, -0.15) is 0 Å². The van der Waals surface area contributed by atoms with Crippen LogP contribution in [-0.4, -0.2) is 43.7 Å². The number of rotatable bonds is 2.